The first-order valence-electron chi connectivity index (χ1n) is 4.81. The summed E-state index contributed by atoms with van der Waals surface area (Å²) >= 11 is 1.78. The predicted molar refractivity (Wildman–Crippen MR) is 65.1 cm³/mol. The third-order valence-corrected chi connectivity index (χ3v) is 3.35. The lowest BCUT2D eigenvalue weighted by Gasteiger charge is -2.00. The van der Waals surface area contributed by atoms with Gasteiger partial charge in [0.25, 0.3) is 0 Å². The number of hydrogen-bond acceptors (Lipinski definition) is 2. The second kappa shape index (κ2) is 3.48. The van der Waals surface area contributed by atoms with Crippen molar-refractivity contribution < 1.29 is 0 Å². The van der Waals surface area contributed by atoms with Gasteiger partial charge in [-0.2, -0.15) is 0 Å². The number of pyridine rings is 1. The minimum atomic E-state index is 1.22. The normalized spacial score (nSPS) is 10.7. The van der Waals surface area contributed by atoms with Crippen LogP contribution in [0.3, 0.4) is 0 Å². The summed E-state index contributed by atoms with van der Waals surface area (Å²) in [6.45, 7) is 0. The highest BCUT2D eigenvalue weighted by atomic mass is 32.1. The van der Waals surface area contributed by atoms with Crippen LogP contribution >= 0.6 is 11.3 Å². The molecule has 3 aromatic rings. The zero-order chi connectivity index (χ0) is 10.1. The maximum absolute atomic E-state index is 4.03. The van der Waals surface area contributed by atoms with Crippen LogP contribution in [0.5, 0.6) is 0 Å². The van der Waals surface area contributed by atoms with Crippen LogP contribution in [0.2, 0.25) is 0 Å². The Kier molecular flexibility index (Phi) is 2.00. The van der Waals surface area contributed by atoms with Crippen molar-refractivity contribution in [1.29, 1.82) is 0 Å². The molecule has 0 atom stereocenters. The molecule has 1 nitrogen and oxygen atoms in total. The van der Waals surface area contributed by atoms with Crippen molar-refractivity contribution in [2.24, 2.45) is 0 Å². The summed E-state index contributed by atoms with van der Waals surface area (Å²) in [5, 5.41) is 3.44. The second-order valence-corrected chi connectivity index (χ2v) is 4.36. The van der Waals surface area contributed by atoms with Gasteiger partial charge in [0.2, 0.25) is 0 Å². The van der Waals surface area contributed by atoms with Crippen molar-refractivity contribution in [3.63, 3.8) is 0 Å². The van der Waals surface area contributed by atoms with Gasteiger partial charge in [0.05, 0.1) is 0 Å². The second-order valence-electron chi connectivity index (χ2n) is 3.41. The van der Waals surface area contributed by atoms with Crippen LogP contribution in [-0.2, 0) is 0 Å². The van der Waals surface area contributed by atoms with Crippen molar-refractivity contribution in [3.8, 4) is 11.1 Å². The Bertz CT molecular complexity index is 584. The molecule has 0 saturated heterocycles. The molecule has 1 aromatic carbocycles. The lowest BCUT2D eigenvalue weighted by atomic mass is 10.1. The van der Waals surface area contributed by atoms with Crippen LogP contribution in [0.1, 0.15) is 0 Å². The van der Waals surface area contributed by atoms with Crippen LogP contribution in [0.15, 0.2) is 54.2 Å². The summed E-state index contributed by atoms with van der Waals surface area (Å²) in [4.78, 5) is 4.03. The Balaban J connectivity index is 2.19. The molecule has 2 heteroatoms. The number of hydrogen-bond donors (Lipinski definition) is 0. The van der Waals surface area contributed by atoms with E-state index >= 15 is 0 Å². The van der Waals surface area contributed by atoms with Gasteiger partial charge in [0.1, 0.15) is 0 Å². The molecule has 0 spiro atoms. The first-order chi connectivity index (χ1) is 7.43. The number of nitrogens with zero attached hydrogens (tertiary/aromatic N) is 1. The standard InChI is InChI=1S/C13H9NS/c1-2-12(10-3-6-14-7-4-10)9-13-11(1)5-8-15-13/h1-9H. The van der Waals surface area contributed by atoms with Gasteiger partial charge in [0.15, 0.2) is 0 Å². The van der Waals surface area contributed by atoms with Crippen LogP contribution in [0.4, 0.5) is 0 Å². The zero-order valence-corrected chi connectivity index (χ0v) is 8.87. The Morgan fingerprint density at radius 3 is 2.60 bits per heavy atom. The molecule has 0 radical (unpaired) electrons. The van der Waals surface area contributed by atoms with Crippen molar-refractivity contribution in [2.45, 2.75) is 0 Å². The molecule has 15 heavy (non-hydrogen) atoms. The highest BCUT2D eigenvalue weighted by Crippen LogP contribution is 2.27. The van der Waals surface area contributed by atoms with E-state index in [2.05, 4.69) is 34.6 Å². The largest absolute Gasteiger partial charge is 0.265 e. The molecule has 72 valence electrons. The fourth-order valence-corrected chi connectivity index (χ4v) is 2.51. The maximum atomic E-state index is 4.03. The smallest absolute Gasteiger partial charge is 0.0348 e. The Morgan fingerprint density at radius 2 is 1.73 bits per heavy atom. The summed E-state index contributed by atoms with van der Waals surface area (Å²) in [6.07, 6.45) is 3.65. The van der Waals surface area contributed by atoms with E-state index in [4.69, 9.17) is 0 Å². The summed E-state index contributed by atoms with van der Waals surface area (Å²) in [7, 11) is 0. The fourth-order valence-electron chi connectivity index (χ4n) is 1.68. The average Bonchev–Trinajstić information content (AvgIpc) is 2.77. The van der Waals surface area contributed by atoms with Gasteiger partial charge in [0, 0.05) is 17.1 Å². The van der Waals surface area contributed by atoms with E-state index in [0.29, 0.717) is 0 Å². The molecule has 0 aliphatic heterocycles. The molecule has 0 aliphatic carbocycles. The Hall–Kier alpha value is -1.67. The molecule has 0 unspecified atom stereocenters. The summed E-state index contributed by atoms with van der Waals surface area (Å²) in [6, 6.07) is 12.8. The van der Waals surface area contributed by atoms with E-state index in [1.165, 1.54) is 21.2 Å². The lowest BCUT2D eigenvalue weighted by molar-refractivity contribution is 1.33. The van der Waals surface area contributed by atoms with Gasteiger partial charge in [-0.25, -0.2) is 0 Å². The van der Waals surface area contributed by atoms with Crippen molar-refractivity contribution in [1.82, 2.24) is 4.98 Å². The fraction of sp³-hybridized carbons (Fsp3) is 0. The minimum Gasteiger partial charge on any atom is -0.265 e. The van der Waals surface area contributed by atoms with E-state index in [0.717, 1.165) is 0 Å². The number of rotatable bonds is 1. The predicted octanol–water partition coefficient (Wildman–Crippen LogP) is 3.96. The van der Waals surface area contributed by atoms with Crippen LogP contribution < -0.4 is 0 Å². The highest BCUT2D eigenvalue weighted by Gasteiger charge is 1.99. The first-order valence-corrected chi connectivity index (χ1v) is 5.69. The van der Waals surface area contributed by atoms with E-state index < -0.39 is 0 Å². The van der Waals surface area contributed by atoms with E-state index in [9.17, 15) is 0 Å². The van der Waals surface area contributed by atoms with Gasteiger partial charge in [-0.15, -0.1) is 11.3 Å². The molecule has 0 bridgehead atoms. The lowest BCUT2D eigenvalue weighted by Crippen LogP contribution is -1.77. The van der Waals surface area contributed by atoms with Crippen molar-refractivity contribution >= 4 is 21.4 Å². The average molecular weight is 211 g/mol. The molecule has 3 rings (SSSR count). The number of fused-ring (bicyclic) bond motifs is 1. The van der Waals surface area contributed by atoms with Crippen LogP contribution in [0.25, 0.3) is 21.2 Å². The number of aromatic nitrogens is 1. The molecule has 2 heterocycles. The van der Waals surface area contributed by atoms with E-state index in [-0.39, 0.29) is 0 Å². The topological polar surface area (TPSA) is 12.9 Å². The third kappa shape index (κ3) is 1.53. The Morgan fingerprint density at radius 1 is 0.867 bits per heavy atom. The van der Waals surface area contributed by atoms with Crippen molar-refractivity contribution in [3.05, 3.63) is 54.2 Å². The van der Waals surface area contributed by atoms with Gasteiger partial charge < -0.3 is 0 Å². The molecule has 0 N–H and O–H groups in total. The Labute approximate surface area is 92.0 Å². The van der Waals surface area contributed by atoms with Crippen LogP contribution in [0, 0.1) is 0 Å². The molecule has 0 aliphatic rings. The first kappa shape index (κ1) is 8.62. The molecule has 0 saturated carbocycles. The SMILES string of the molecule is c1cc(-c2ccc3ccsc3c2)ccn1. The van der Waals surface area contributed by atoms with E-state index in [1.54, 1.807) is 11.3 Å². The minimum absolute atomic E-state index is 1.22. The molecular weight excluding hydrogens is 202 g/mol. The third-order valence-electron chi connectivity index (χ3n) is 2.47. The zero-order valence-electron chi connectivity index (χ0n) is 8.05. The van der Waals surface area contributed by atoms with Gasteiger partial charge in [-0.05, 0) is 46.2 Å². The van der Waals surface area contributed by atoms with Gasteiger partial charge >= 0.3 is 0 Å². The van der Waals surface area contributed by atoms with Gasteiger partial charge in [-0.1, -0.05) is 12.1 Å². The summed E-state index contributed by atoms with van der Waals surface area (Å²) in [5.41, 5.74) is 2.48. The molecule has 2 aromatic heterocycles. The molecule has 0 fully saturated rings. The number of benzene rings is 1. The van der Waals surface area contributed by atoms with Crippen LogP contribution in [-0.4, -0.2) is 4.98 Å². The number of thiophene rings is 1. The summed E-state index contributed by atoms with van der Waals surface area (Å²) in [5.74, 6) is 0. The van der Waals surface area contributed by atoms with Gasteiger partial charge in [-0.3, -0.25) is 4.98 Å². The quantitative estimate of drug-likeness (QED) is 0.593. The highest BCUT2D eigenvalue weighted by molar-refractivity contribution is 7.17. The molecule has 0 amide bonds. The summed E-state index contributed by atoms with van der Waals surface area (Å²) < 4.78 is 1.34. The van der Waals surface area contributed by atoms with Crippen molar-refractivity contribution in [2.75, 3.05) is 0 Å². The monoisotopic (exact) mass is 211 g/mol. The maximum Gasteiger partial charge on any atom is 0.0348 e. The van der Waals surface area contributed by atoms with E-state index in [1.807, 2.05) is 24.5 Å². The molecular formula is C13H9NS.